The van der Waals surface area contributed by atoms with Crippen LogP contribution in [0.1, 0.15) is 22.1 Å². The minimum Gasteiger partial charge on any atom is -0.281 e. The van der Waals surface area contributed by atoms with E-state index in [-0.39, 0.29) is 11.3 Å². The Morgan fingerprint density at radius 1 is 1.38 bits per heavy atom. The van der Waals surface area contributed by atoms with Gasteiger partial charge < -0.3 is 0 Å². The molecule has 10 heteroatoms. The second-order valence-corrected chi connectivity index (χ2v) is 7.13. The van der Waals surface area contributed by atoms with Crippen LogP contribution in [0.2, 0.25) is 0 Å². The molecule has 0 radical (unpaired) electrons. The molecule has 2 heterocycles. The van der Waals surface area contributed by atoms with E-state index < -0.39 is 15.9 Å². The predicted molar refractivity (Wildman–Crippen MR) is 77.1 cm³/mol. The van der Waals surface area contributed by atoms with E-state index in [4.69, 9.17) is 0 Å². The van der Waals surface area contributed by atoms with Gasteiger partial charge >= 0.3 is 0 Å². The number of aromatic amines is 1. The maximum atomic E-state index is 12.1. The lowest BCUT2D eigenvalue weighted by Gasteiger charge is -2.07. The Morgan fingerprint density at radius 3 is 2.62 bits per heavy atom. The molecule has 0 fully saturated rings. The monoisotopic (exact) mass is 329 g/mol. The van der Waals surface area contributed by atoms with Crippen LogP contribution in [-0.4, -0.2) is 29.5 Å². The molecule has 1 amide bonds. The molecule has 0 aliphatic heterocycles. The van der Waals surface area contributed by atoms with Crippen molar-refractivity contribution in [2.24, 2.45) is 0 Å². The third-order valence-corrected chi connectivity index (χ3v) is 4.99. The van der Waals surface area contributed by atoms with E-state index >= 15 is 0 Å². The third kappa shape index (κ3) is 3.65. The number of nitrogens with one attached hydrogen (secondary N) is 3. The fourth-order valence-electron chi connectivity index (χ4n) is 1.81. The molecule has 0 aliphatic carbocycles. The highest BCUT2D eigenvalue weighted by molar-refractivity contribution is 7.89. The zero-order valence-corrected chi connectivity index (χ0v) is 13.4. The van der Waals surface area contributed by atoms with E-state index in [1.165, 1.54) is 11.3 Å². The molecule has 2 aromatic rings. The number of carbonyl (C=O) groups is 1. The van der Waals surface area contributed by atoms with Crippen LogP contribution in [-0.2, 0) is 21.2 Å². The minimum absolute atomic E-state index is 0.0101. The van der Waals surface area contributed by atoms with Crippen molar-refractivity contribution in [3.8, 4) is 0 Å². The first-order valence-corrected chi connectivity index (χ1v) is 8.39. The summed E-state index contributed by atoms with van der Waals surface area (Å²) in [7, 11) is -3.85. The summed E-state index contributed by atoms with van der Waals surface area (Å²) in [5, 5.41) is 9.01. The first kappa shape index (κ1) is 15.6. The molecule has 0 spiro atoms. The summed E-state index contributed by atoms with van der Waals surface area (Å²) in [5.41, 5.74) is 3.52. The smallest absolute Gasteiger partial charge is 0.261 e. The van der Waals surface area contributed by atoms with Crippen LogP contribution in [0.5, 0.6) is 0 Å². The number of hydrogen-bond acceptors (Lipinski definition) is 6. The molecule has 114 valence electrons. The van der Waals surface area contributed by atoms with Crippen molar-refractivity contribution in [1.29, 1.82) is 0 Å². The van der Waals surface area contributed by atoms with Crippen molar-refractivity contribution in [2.45, 2.75) is 32.1 Å². The quantitative estimate of drug-likeness (QED) is 0.684. The number of carbonyl (C=O) groups excluding carboxylic acids is 1. The highest BCUT2D eigenvalue weighted by Gasteiger charge is 2.22. The van der Waals surface area contributed by atoms with Crippen LogP contribution < -0.4 is 10.3 Å². The molecule has 0 aliphatic rings. The Hall–Kier alpha value is -1.78. The average Bonchev–Trinajstić information content (AvgIpc) is 2.94. The molecule has 0 bridgehead atoms. The van der Waals surface area contributed by atoms with Crippen LogP contribution in [0, 0.1) is 20.8 Å². The van der Waals surface area contributed by atoms with Gasteiger partial charge in [0.25, 0.3) is 10.0 Å². The molecular weight excluding hydrogens is 314 g/mol. The van der Waals surface area contributed by atoms with Crippen LogP contribution in [0.15, 0.2) is 10.3 Å². The Bertz CT molecular complexity index is 743. The first-order chi connectivity index (χ1) is 9.79. The zero-order valence-electron chi connectivity index (χ0n) is 11.7. The molecule has 0 unspecified atom stereocenters. The molecule has 21 heavy (non-hydrogen) atoms. The summed E-state index contributed by atoms with van der Waals surface area (Å²) in [4.78, 5) is 17.9. The van der Waals surface area contributed by atoms with E-state index in [9.17, 15) is 13.2 Å². The summed E-state index contributed by atoms with van der Waals surface area (Å²) in [6, 6.07) is 0. The molecule has 8 nitrogen and oxygen atoms in total. The molecular formula is C11H15N5O3S2. The Balaban J connectivity index is 2.00. The van der Waals surface area contributed by atoms with Crippen molar-refractivity contribution in [3.63, 3.8) is 0 Å². The lowest BCUT2D eigenvalue weighted by Crippen LogP contribution is -2.42. The molecule has 0 aromatic carbocycles. The molecule has 0 saturated heterocycles. The van der Waals surface area contributed by atoms with Gasteiger partial charge in [-0.1, -0.05) is 0 Å². The maximum absolute atomic E-state index is 12.1. The predicted octanol–water partition coefficient (Wildman–Crippen LogP) is 0.344. The SMILES string of the molecule is Cc1nc(CC(=O)NNS(=O)(=O)c2c(C)n[nH]c2C)cs1. The molecule has 0 atom stereocenters. The van der Waals surface area contributed by atoms with Crippen molar-refractivity contribution in [2.75, 3.05) is 0 Å². The summed E-state index contributed by atoms with van der Waals surface area (Å²) < 4.78 is 24.2. The Kier molecular flexibility index (Phi) is 4.40. The highest BCUT2D eigenvalue weighted by atomic mass is 32.2. The van der Waals surface area contributed by atoms with E-state index in [2.05, 4.69) is 25.4 Å². The van der Waals surface area contributed by atoms with Crippen LogP contribution in [0.25, 0.3) is 0 Å². The highest BCUT2D eigenvalue weighted by Crippen LogP contribution is 2.15. The van der Waals surface area contributed by atoms with Gasteiger partial charge in [0.2, 0.25) is 5.91 Å². The second kappa shape index (κ2) is 5.92. The van der Waals surface area contributed by atoms with Gasteiger partial charge in [0.05, 0.1) is 28.5 Å². The lowest BCUT2D eigenvalue weighted by molar-refractivity contribution is -0.120. The third-order valence-electron chi connectivity index (χ3n) is 2.66. The number of hydrazine groups is 1. The minimum atomic E-state index is -3.85. The van der Waals surface area contributed by atoms with Gasteiger partial charge in [0.1, 0.15) is 4.90 Å². The fourth-order valence-corrected chi connectivity index (χ4v) is 3.66. The van der Waals surface area contributed by atoms with Crippen LogP contribution in [0.4, 0.5) is 0 Å². The van der Waals surface area contributed by atoms with Gasteiger partial charge in [-0.05, 0) is 20.8 Å². The standard InChI is InChI=1S/C11H15N5O3S2/c1-6-11(7(2)14-13-6)21(18,19)16-15-10(17)4-9-5-20-8(3)12-9/h5,16H,4H2,1-3H3,(H,13,14)(H,15,17). The number of H-pyrrole nitrogens is 1. The molecule has 0 saturated carbocycles. The van der Waals surface area contributed by atoms with Crippen molar-refractivity contribution in [3.05, 3.63) is 27.5 Å². The average molecular weight is 329 g/mol. The zero-order chi connectivity index (χ0) is 15.6. The lowest BCUT2D eigenvalue weighted by atomic mass is 10.3. The first-order valence-electron chi connectivity index (χ1n) is 6.03. The Morgan fingerprint density at radius 2 is 2.10 bits per heavy atom. The van der Waals surface area contributed by atoms with Gasteiger partial charge in [-0.25, -0.2) is 13.4 Å². The van der Waals surface area contributed by atoms with Crippen molar-refractivity contribution >= 4 is 27.3 Å². The number of sulfonamides is 1. The number of rotatable bonds is 5. The van der Waals surface area contributed by atoms with Crippen molar-refractivity contribution < 1.29 is 13.2 Å². The van der Waals surface area contributed by atoms with Gasteiger partial charge in [0, 0.05) is 5.38 Å². The van der Waals surface area contributed by atoms with E-state index in [0.717, 1.165) is 5.01 Å². The van der Waals surface area contributed by atoms with Gasteiger partial charge in [0.15, 0.2) is 0 Å². The number of thiazole rings is 1. The van der Waals surface area contributed by atoms with Gasteiger partial charge in [-0.2, -0.15) is 5.10 Å². The van der Waals surface area contributed by atoms with Crippen molar-refractivity contribution in [1.82, 2.24) is 25.4 Å². The number of amides is 1. The molecule has 3 N–H and O–H groups in total. The summed E-state index contributed by atoms with van der Waals surface area (Å²) in [6.45, 7) is 4.99. The maximum Gasteiger partial charge on any atom is 0.261 e. The summed E-state index contributed by atoms with van der Waals surface area (Å²) in [6.07, 6.45) is 0.0101. The topological polar surface area (TPSA) is 117 Å². The van der Waals surface area contributed by atoms with E-state index in [1.54, 1.807) is 19.2 Å². The Labute approximate surface area is 126 Å². The summed E-state index contributed by atoms with van der Waals surface area (Å²) >= 11 is 1.43. The number of aryl methyl sites for hydroxylation is 3. The largest absolute Gasteiger partial charge is 0.281 e. The van der Waals surface area contributed by atoms with Gasteiger partial charge in [-0.15, -0.1) is 16.2 Å². The molecule has 2 aromatic heterocycles. The van der Waals surface area contributed by atoms with E-state index in [0.29, 0.717) is 17.1 Å². The fraction of sp³-hybridized carbons (Fsp3) is 0.364. The number of aromatic nitrogens is 3. The number of nitrogens with zero attached hydrogens (tertiary/aromatic N) is 2. The normalized spacial score (nSPS) is 11.6. The molecule has 2 rings (SSSR count). The summed E-state index contributed by atoms with van der Waals surface area (Å²) in [5.74, 6) is -0.484. The van der Waals surface area contributed by atoms with E-state index in [1.807, 2.05) is 6.92 Å². The van der Waals surface area contributed by atoms with Crippen LogP contribution >= 0.6 is 11.3 Å². The second-order valence-electron chi connectivity index (χ2n) is 4.45. The van der Waals surface area contributed by atoms with Gasteiger partial charge in [-0.3, -0.25) is 15.3 Å². The van der Waals surface area contributed by atoms with Crippen LogP contribution in [0.3, 0.4) is 0 Å². The number of hydrogen-bond donors (Lipinski definition) is 3.